The van der Waals surface area contributed by atoms with Crippen LogP contribution < -0.4 is 11.1 Å². The molecule has 1 aromatic heterocycles. The van der Waals surface area contributed by atoms with Gasteiger partial charge in [-0.3, -0.25) is 4.79 Å². The Morgan fingerprint density at radius 1 is 1.47 bits per heavy atom. The Morgan fingerprint density at radius 3 is 2.76 bits per heavy atom. The Kier molecular flexibility index (Phi) is 7.30. The van der Waals surface area contributed by atoms with Gasteiger partial charge in [0, 0.05) is 6.54 Å². The van der Waals surface area contributed by atoms with Crippen molar-refractivity contribution < 1.29 is 4.79 Å². The minimum absolute atomic E-state index is 0. The van der Waals surface area contributed by atoms with Gasteiger partial charge >= 0.3 is 0 Å². The molecule has 96 valence electrons. The van der Waals surface area contributed by atoms with Crippen LogP contribution in [-0.4, -0.2) is 17.4 Å². The predicted molar refractivity (Wildman–Crippen MR) is 72.3 cm³/mol. The summed E-state index contributed by atoms with van der Waals surface area (Å²) >= 11 is 0. The van der Waals surface area contributed by atoms with Crippen LogP contribution in [0.4, 0.5) is 5.82 Å². The summed E-state index contributed by atoms with van der Waals surface area (Å²) in [7, 11) is 0. The summed E-state index contributed by atoms with van der Waals surface area (Å²) in [6, 6.07) is 5.05. The van der Waals surface area contributed by atoms with Crippen molar-refractivity contribution in [3.63, 3.8) is 0 Å². The first-order valence-electron chi connectivity index (χ1n) is 5.60. The molecular weight excluding hydrogens is 238 g/mol. The van der Waals surface area contributed by atoms with Crippen molar-refractivity contribution in [2.75, 3.05) is 12.3 Å². The first kappa shape index (κ1) is 15.7. The maximum absolute atomic E-state index is 11.6. The maximum Gasteiger partial charge on any atom is 0.269 e. The molecule has 0 aliphatic carbocycles. The number of carbonyl (C=O) groups excluding carboxylic acids is 1. The number of hydrogen-bond donors (Lipinski definition) is 2. The SMILES string of the molecule is CC(C)CCCNC(=O)c1cccc(N)n1.Cl. The fourth-order valence-electron chi connectivity index (χ4n) is 1.38. The largest absolute Gasteiger partial charge is 0.384 e. The summed E-state index contributed by atoms with van der Waals surface area (Å²) in [6.45, 7) is 5.02. The summed E-state index contributed by atoms with van der Waals surface area (Å²) < 4.78 is 0. The standard InChI is InChI=1S/C12H19N3O.ClH/c1-9(2)5-4-8-14-12(16)10-6-3-7-11(13)15-10;/h3,6-7,9H,4-5,8H2,1-2H3,(H2,13,15)(H,14,16);1H. The predicted octanol–water partition coefficient (Wildman–Crippen LogP) is 2.25. The van der Waals surface area contributed by atoms with Crippen molar-refractivity contribution in [1.82, 2.24) is 10.3 Å². The zero-order valence-corrected chi connectivity index (χ0v) is 11.1. The van der Waals surface area contributed by atoms with Gasteiger partial charge in [-0.25, -0.2) is 4.98 Å². The molecule has 1 aromatic rings. The fraction of sp³-hybridized carbons (Fsp3) is 0.500. The summed E-state index contributed by atoms with van der Waals surface area (Å²) in [5.41, 5.74) is 5.88. The molecule has 0 atom stereocenters. The van der Waals surface area contributed by atoms with Crippen LogP contribution in [0.25, 0.3) is 0 Å². The van der Waals surface area contributed by atoms with Gasteiger partial charge in [0.2, 0.25) is 0 Å². The van der Waals surface area contributed by atoms with Crippen LogP contribution in [0.1, 0.15) is 37.2 Å². The molecule has 0 saturated carbocycles. The van der Waals surface area contributed by atoms with Crippen molar-refractivity contribution in [2.45, 2.75) is 26.7 Å². The molecule has 0 saturated heterocycles. The maximum atomic E-state index is 11.6. The molecular formula is C12H20ClN3O. The van der Waals surface area contributed by atoms with Crippen molar-refractivity contribution in [3.05, 3.63) is 23.9 Å². The third-order valence-electron chi connectivity index (χ3n) is 2.25. The summed E-state index contributed by atoms with van der Waals surface area (Å²) in [5, 5.41) is 2.82. The molecule has 0 aliphatic rings. The molecule has 0 spiro atoms. The first-order valence-corrected chi connectivity index (χ1v) is 5.60. The zero-order valence-electron chi connectivity index (χ0n) is 10.3. The number of amides is 1. The van der Waals surface area contributed by atoms with Crippen molar-refractivity contribution in [3.8, 4) is 0 Å². The number of nitrogens with two attached hydrogens (primary N) is 1. The quantitative estimate of drug-likeness (QED) is 0.795. The van der Waals surface area contributed by atoms with E-state index in [1.807, 2.05) is 0 Å². The molecule has 17 heavy (non-hydrogen) atoms. The van der Waals surface area contributed by atoms with Gasteiger partial charge in [-0.15, -0.1) is 12.4 Å². The number of aromatic nitrogens is 1. The Balaban J connectivity index is 0.00000256. The molecule has 0 fully saturated rings. The highest BCUT2D eigenvalue weighted by Crippen LogP contribution is 2.03. The van der Waals surface area contributed by atoms with Crippen LogP contribution in [0.15, 0.2) is 18.2 Å². The molecule has 0 unspecified atom stereocenters. The van der Waals surface area contributed by atoms with Gasteiger partial charge in [-0.2, -0.15) is 0 Å². The van der Waals surface area contributed by atoms with Crippen molar-refractivity contribution in [2.24, 2.45) is 5.92 Å². The highest BCUT2D eigenvalue weighted by atomic mass is 35.5. The zero-order chi connectivity index (χ0) is 12.0. The van der Waals surface area contributed by atoms with Gasteiger partial charge in [0.25, 0.3) is 5.91 Å². The first-order chi connectivity index (χ1) is 7.59. The molecule has 0 bridgehead atoms. The van der Waals surface area contributed by atoms with Gasteiger partial charge in [0.05, 0.1) is 0 Å². The Labute approximate surface area is 108 Å². The second-order valence-electron chi connectivity index (χ2n) is 4.24. The van der Waals surface area contributed by atoms with Gasteiger partial charge in [-0.1, -0.05) is 19.9 Å². The number of anilines is 1. The van der Waals surface area contributed by atoms with Crippen LogP contribution in [0.2, 0.25) is 0 Å². The van der Waals surface area contributed by atoms with E-state index >= 15 is 0 Å². The van der Waals surface area contributed by atoms with Gasteiger partial charge in [0.1, 0.15) is 11.5 Å². The van der Waals surface area contributed by atoms with E-state index < -0.39 is 0 Å². The average Bonchev–Trinajstić information content (AvgIpc) is 2.24. The minimum atomic E-state index is -0.156. The summed E-state index contributed by atoms with van der Waals surface area (Å²) in [5.74, 6) is 0.883. The number of nitrogens with one attached hydrogen (secondary N) is 1. The highest BCUT2D eigenvalue weighted by Gasteiger charge is 2.06. The highest BCUT2D eigenvalue weighted by molar-refractivity contribution is 5.92. The number of hydrogen-bond acceptors (Lipinski definition) is 3. The Hall–Kier alpha value is -1.29. The smallest absolute Gasteiger partial charge is 0.269 e. The molecule has 1 amide bonds. The van der Waals surface area contributed by atoms with Crippen LogP contribution in [0, 0.1) is 5.92 Å². The van der Waals surface area contributed by atoms with E-state index in [-0.39, 0.29) is 18.3 Å². The molecule has 5 heteroatoms. The lowest BCUT2D eigenvalue weighted by molar-refractivity contribution is 0.0947. The fourth-order valence-corrected chi connectivity index (χ4v) is 1.38. The normalized spacial score (nSPS) is 9.82. The summed E-state index contributed by atoms with van der Waals surface area (Å²) in [6.07, 6.45) is 2.11. The van der Waals surface area contributed by atoms with E-state index in [9.17, 15) is 4.79 Å². The Bertz CT molecular complexity index is 355. The van der Waals surface area contributed by atoms with Gasteiger partial charge in [-0.05, 0) is 30.9 Å². The molecule has 0 radical (unpaired) electrons. The lowest BCUT2D eigenvalue weighted by atomic mass is 10.1. The van der Waals surface area contributed by atoms with Crippen LogP contribution in [-0.2, 0) is 0 Å². The van der Waals surface area contributed by atoms with Gasteiger partial charge in [0.15, 0.2) is 0 Å². The molecule has 3 N–H and O–H groups in total. The van der Waals surface area contributed by atoms with E-state index in [2.05, 4.69) is 24.1 Å². The van der Waals surface area contributed by atoms with Crippen molar-refractivity contribution in [1.29, 1.82) is 0 Å². The van der Waals surface area contributed by atoms with Crippen LogP contribution >= 0.6 is 12.4 Å². The minimum Gasteiger partial charge on any atom is -0.384 e. The third-order valence-corrected chi connectivity index (χ3v) is 2.25. The number of carbonyl (C=O) groups is 1. The number of pyridine rings is 1. The van der Waals surface area contributed by atoms with Crippen molar-refractivity contribution >= 4 is 24.1 Å². The van der Waals surface area contributed by atoms with E-state index in [1.54, 1.807) is 18.2 Å². The number of nitrogens with zero attached hydrogens (tertiary/aromatic N) is 1. The lowest BCUT2D eigenvalue weighted by Gasteiger charge is -2.06. The van der Waals surface area contributed by atoms with E-state index in [1.165, 1.54) is 0 Å². The monoisotopic (exact) mass is 257 g/mol. The second-order valence-corrected chi connectivity index (χ2v) is 4.24. The molecule has 1 heterocycles. The third kappa shape index (κ3) is 6.12. The molecule has 4 nitrogen and oxygen atoms in total. The average molecular weight is 258 g/mol. The second kappa shape index (κ2) is 7.90. The number of nitrogen functional groups attached to an aromatic ring is 1. The van der Waals surface area contributed by atoms with E-state index in [0.29, 0.717) is 24.0 Å². The Morgan fingerprint density at radius 2 is 2.18 bits per heavy atom. The molecule has 0 aromatic carbocycles. The number of halogens is 1. The summed E-state index contributed by atoms with van der Waals surface area (Å²) in [4.78, 5) is 15.6. The number of rotatable bonds is 5. The van der Waals surface area contributed by atoms with E-state index in [4.69, 9.17) is 5.73 Å². The van der Waals surface area contributed by atoms with Crippen LogP contribution in [0.5, 0.6) is 0 Å². The van der Waals surface area contributed by atoms with Gasteiger partial charge < -0.3 is 11.1 Å². The topological polar surface area (TPSA) is 68.0 Å². The van der Waals surface area contributed by atoms with E-state index in [0.717, 1.165) is 12.8 Å². The van der Waals surface area contributed by atoms with Crippen LogP contribution in [0.3, 0.4) is 0 Å². The molecule has 0 aliphatic heterocycles. The lowest BCUT2D eigenvalue weighted by Crippen LogP contribution is -2.25. The molecule has 1 rings (SSSR count).